The lowest BCUT2D eigenvalue weighted by atomic mass is 10.2. The molecular formula is C10H7Cl2NO. The quantitative estimate of drug-likeness (QED) is 0.696. The maximum atomic E-state index is 5.96. The lowest BCUT2D eigenvalue weighted by molar-refractivity contribution is 0.415. The first kappa shape index (κ1) is 9.56. The van der Waals surface area contributed by atoms with Crippen molar-refractivity contribution >= 4 is 34.0 Å². The highest BCUT2D eigenvalue weighted by atomic mass is 35.5. The Morgan fingerprint density at radius 2 is 2.00 bits per heavy atom. The fourth-order valence-corrected chi connectivity index (χ4v) is 1.70. The predicted molar refractivity (Wildman–Crippen MR) is 58.3 cm³/mol. The van der Waals surface area contributed by atoms with Gasteiger partial charge in [0.1, 0.15) is 10.9 Å². The second-order valence-electron chi connectivity index (χ2n) is 2.81. The molecule has 1 aromatic carbocycles. The number of fused-ring (bicyclic) bond motifs is 1. The molecule has 0 saturated heterocycles. The fraction of sp³-hybridized carbons (Fsp3) is 0.100. The molecule has 1 heterocycles. The minimum atomic E-state index is 0.434. The molecule has 2 nitrogen and oxygen atoms in total. The summed E-state index contributed by atoms with van der Waals surface area (Å²) in [5, 5.41) is 2.71. The van der Waals surface area contributed by atoms with Gasteiger partial charge in [0.05, 0.1) is 12.1 Å². The Labute approximate surface area is 91.4 Å². The topological polar surface area (TPSA) is 22.1 Å². The Kier molecular flexibility index (Phi) is 2.48. The number of aromatic nitrogens is 1. The van der Waals surface area contributed by atoms with Crippen LogP contribution in [0.2, 0.25) is 10.2 Å². The third-order valence-corrected chi connectivity index (χ3v) is 2.60. The molecule has 0 fully saturated rings. The first-order chi connectivity index (χ1) is 6.72. The zero-order valence-electron chi connectivity index (χ0n) is 7.42. The van der Waals surface area contributed by atoms with Gasteiger partial charge in [-0.3, -0.25) is 0 Å². The van der Waals surface area contributed by atoms with Gasteiger partial charge in [-0.05, 0) is 18.2 Å². The van der Waals surface area contributed by atoms with Crippen LogP contribution in [0.4, 0.5) is 0 Å². The lowest BCUT2D eigenvalue weighted by Gasteiger charge is -2.04. The van der Waals surface area contributed by atoms with Crippen LogP contribution in [0.15, 0.2) is 24.4 Å². The summed E-state index contributed by atoms with van der Waals surface area (Å²) < 4.78 is 5.09. The lowest BCUT2D eigenvalue weighted by Crippen LogP contribution is -1.85. The van der Waals surface area contributed by atoms with Gasteiger partial charge < -0.3 is 4.74 Å². The average Bonchev–Trinajstić information content (AvgIpc) is 2.23. The van der Waals surface area contributed by atoms with Crippen molar-refractivity contribution in [3.05, 3.63) is 34.6 Å². The van der Waals surface area contributed by atoms with Crippen LogP contribution in [0.5, 0.6) is 5.75 Å². The zero-order valence-corrected chi connectivity index (χ0v) is 8.93. The molecule has 4 heteroatoms. The van der Waals surface area contributed by atoms with E-state index >= 15 is 0 Å². The summed E-state index contributed by atoms with van der Waals surface area (Å²) in [4.78, 5) is 3.96. The van der Waals surface area contributed by atoms with E-state index in [-0.39, 0.29) is 0 Å². The maximum absolute atomic E-state index is 5.96. The molecule has 2 rings (SSSR count). The average molecular weight is 228 g/mol. The van der Waals surface area contributed by atoms with Crippen LogP contribution in [-0.2, 0) is 0 Å². The van der Waals surface area contributed by atoms with Crippen molar-refractivity contribution in [2.24, 2.45) is 0 Å². The number of pyridine rings is 1. The number of halogens is 2. The number of benzene rings is 1. The largest absolute Gasteiger partial charge is 0.497 e. The van der Waals surface area contributed by atoms with Gasteiger partial charge in [-0.1, -0.05) is 23.2 Å². The standard InChI is InChI=1S/C10H7Cl2NO/c1-14-6-2-3-7-8(4-6)10(12)13-5-9(7)11/h2-5H,1H3. The van der Waals surface area contributed by atoms with Crippen LogP contribution in [0.1, 0.15) is 0 Å². The second-order valence-corrected chi connectivity index (χ2v) is 3.57. The molecular weight excluding hydrogens is 221 g/mol. The summed E-state index contributed by atoms with van der Waals surface area (Å²) in [6.07, 6.45) is 1.54. The summed E-state index contributed by atoms with van der Waals surface area (Å²) in [6.45, 7) is 0. The maximum Gasteiger partial charge on any atom is 0.137 e. The van der Waals surface area contributed by atoms with E-state index in [2.05, 4.69) is 4.98 Å². The van der Waals surface area contributed by atoms with Gasteiger partial charge >= 0.3 is 0 Å². The highest BCUT2D eigenvalue weighted by Crippen LogP contribution is 2.30. The van der Waals surface area contributed by atoms with E-state index in [0.29, 0.717) is 10.2 Å². The molecule has 0 aliphatic heterocycles. The van der Waals surface area contributed by atoms with E-state index in [1.54, 1.807) is 13.3 Å². The smallest absolute Gasteiger partial charge is 0.137 e. The van der Waals surface area contributed by atoms with Crippen molar-refractivity contribution in [3.8, 4) is 5.75 Å². The van der Waals surface area contributed by atoms with E-state index < -0.39 is 0 Å². The normalized spacial score (nSPS) is 10.5. The van der Waals surface area contributed by atoms with Gasteiger partial charge in [0.15, 0.2) is 0 Å². The van der Waals surface area contributed by atoms with Crippen molar-refractivity contribution in [2.75, 3.05) is 7.11 Å². The Hall–Kier alpha value is -0.990. The number of rotatable bonds is 1. The zero-order chi connectivity index (χ0) is 10.1. The minimum Gasteiger partial charge on any atom is -0.497 e. The van der Waals surface area contributed by atoms with Crippen molar-refractivity contribution in [3.63, 3.8) is 0 Å². The highest BCUT2D eigenvalue weighted by molar-refractivity contribution is 6.39. The first-order valence-corrected chi connectivity index (χ1v) is 4.75. The van der Waals surface area contributed by atoms with Crippen molar-refractivity contribution in [1.82, 2.24) is 4.98 Å². The SMILES string of the molecule is COc1ccc2c(Cl)cnc(Cl)c2c1. The molecule has 72 valence electrons. The van der Waals surface area contributed by atoms with E-state index in [4.69, 9.17) is 27.9 Å². The molecule has 0 atom stereocenters. The van der Waals surface area contributed by atoms with Gasteiger partial charge in [-0.15, -0.1) is 0 Å². The van der Waals surface area contributed by atoms with Crippen molar-refractivity contribution in [1.29, 1.82) is 0 Å². The van der Waals surface area contributed by atoms with Crippen LogP contribution in [0.25, 0.3) is 10.8 Å². The first-order valence-electron chi connectivity index (χ1n) is 4.00. The van der Waals surface area contributed by atoms with E-state index in [0.717, 1.165) is 16.5 Å². The molecule has 0 aliphatic carbocycles. The molecule has 0 unspecified atom stereocenters. The summed E-state index contributed by atoms with van der Waals surface area (Å²) >= 11 is 11.9. The fourth-order valence-electron chi connectivity index (χ4n) is 1.28. The minimum absolute atomic E-state index is 0.434. The predicted octanol–water partition coefficient (Wildman–Crippen LogP) is 3.55. The molecule has 0 bridgehead atoms. The van der Waals surface area contributed by atoms with Gasteiger partial charge in [-0.2, -0.15) is 0 Å². The number of methoxy groups -OCH3 is 1. The monoisotopic (exact) mass is 227 g/mol. The Morgan fingerprint density at radius 1 is 1.21 bits per heavy atom. The second kappa shape index (κ2) is 3.64. The third kappa shape index (κ3) is 1.51. The number of ether oxygens (including phenoxy) is 1. The Balaban J connectivity index is 2.80. The van der Waals surface area contributed by atoms with E-state index in [1.807, 2.05) is 18.2 Å². The molecule has 2 aromatic rings. The summed E-state index contributed by atoms with van der Waals surface area (Å²) in [5.74, 6) is 0.739. The van der Waals surface area contributed by atoms with Crippen molar-refractivity contribution in [2.45, 2.75) is 0 Å². The molecule has 0 aliphatic rings. The molecule has 0 spiro atoms. The van der Waals surface area contributed by atoms with E-state index in [9.17, 15) is 0 Å². The van der Waals surface area contributed by atoms with Gasteiger partial charge in [-0.25, -0.2) is 4.98 Å². The Bertz CT molecular complexity index is 485. The summed E-state index contributed by atoms with van der Waals surface area (Å²) in [6, 6.07) is 5.52. The highest BCUT2D eigenvalue weighted by Gasteiger charge is 2.05. The van der Waals surface area contributed by atoms with Crippen LogP contribution < -0.4 is 4.74 Å². The van der Waals surface area contributed by atoms with E-state index in [1.165, 1.54) is 0 Å². The number of nitrogens with zero attached hydrogens (tertiary/aromatic N) is 1. The third-order valence-electron chi connectivity index (χ3n) is 2.00. The molecule has 1 aromatic heterocycles. The van der Waals surface area contributed by atoms with Gasteiger partial charge in [0.25, 0.3) is 0 Å². The number of hydrogen-bond donors (Lipinski definition) is 0. The molecule has 0 saturated carbocycles. The molecule has 0 amide bonds. The summed E-state index contributed by atoms with van der Waals surface area (Å²) in [7, 11) is 1.60. The van der Waals surface area contributed by atoms with Crippen LogP contribution >= 0.6 is 23.2 Å². The van der Waals surface area contributed by atoms with Gasteiger partial charge in [0.2, 0.25) is 0 Å². The van der Waals surface area contributed by atoms with Crippen LogP contribution in [-0.4, -0.2) is 12.1 Å². The van der Waals surface area contributed by atoms with Crippen molar-refractivity contribution < 1.29 is 4.74 Å². The van der Waals surface area contributed by atoms with Crippen LogP contribution in [0.3, 0.4) is 0 Å². The van der Waals surface area contributed by atoms with Crippen LogP contribution in [0, 0.1) is 0 Å². The molecule has 14 heavy (non-hydrogen) atoms. The summed E-state index contributed by atoms with van der Waals surface area (Å²) in [5.41, 5.74) is 0. The number of hydrogen-bond acceptors (Lipinski definition) is 2. The molecule has 0 radical (unpaired) electrons. The molecule has 0 N–H and O–H groups in total. The van der Waals surface area contributed by atoms with Gasteiger partial charge in [0, 0.05) is 17.0 Å². The Morgan fingerprint density at radius 3 is 2.71 bits per heavy atom.